The van der Waals surface area contributed by atoms with Crippen molar-refractivity contribution in [2.75, 3.05) is 5.73 Å². The maximum atomic E-state index is 6.46. The van der Waals surface area contributed by atoms with E-state index in [1.807, 2.05) is 24.3 Å². The summed E-state index contributed by atoms with van der Waals surface area (Å²) < 4.78 is 0. The maximum absolute atomic E-state index is 6.46. The molecule has 0 radical (unpaired) electrons. The highest BCUT2D eigenvalue weighted by molar-refractivity contribution is 6.00. The number of rotatable bonds is 2. The summed E-state index contributed by atoms with van der Waals surface area (Å²) in [6.07, 6.45) is 5.57. The number of hydrogen-bond acceptors (Lipinski definition) is 2. The highest BCUT2D eigenvalue weighted by atomic mass is 14.6. The number of fused-ring (bicyclic) bond motifs is 7. The van der Waals surface area contributed by atoms with Crippen molar-refractivity contribution < 1.29 is 0 Å². The first-order chi connectivity index (χ1) is 13.2. The molecule has 0 aliphatic heterocycles. The topological polar surface area (TPSA) is 52.0 Å². The Bertz CT molecular complexity index is 1170. The fourth-order valence-electron chi connectivity index (χ4n) is 5.01. The van der Waals surface area contributed by atoms with Crippen LogP contribution in [0.2, 0.25) is 0 Å². The third-order valence-electron chi connectivity index (χ3n) is 5.88. The molecule has 2 heteroatoms. The van der Waals surface area contributed by atoms with Crippen LogP contribution in [-0.2, 0) is 5.41 Å². The summed E-state index contributed by atoms with van der Waals surface area (Å²) in [4.78, 5) is 0. The van der Waals surface area contributed by atoms with Gasteiger partial charge in [-0.05, 0) is 57.3 Å². The molecule has 0 aromatic heterocycles. The van der Waals surface area contributed by atoms with Crippen LogP contribution < -0.4 is 11.5 Å². The van der Waals surface area contributed by atoms with Crippen molar-refractivity contribution >= 4 is 11.3 Å². The minimum Gasteiger partial charge on any atom is -0.405 e. The fourth-order valence-corrected chi connectivity index (χ4v) is 5.01. The van der Waals surface area contributed by atoms with Gasteiger partial charge in [-0.15, -0.1) is 0 Å². The van der Waals surface area contributed by atoms with E-state index >= 15 is 0 Å². The van der Waals surface area contributed by atoms with Crippen molar-refractivity contribution in [1.29, 1.82) is 0 Å². The Hall–Kier alpha value is -3.52. The Kier molecular flexibility index (Phi) is 3.19. The van der Waals surface area contributed by atoms with Crippen LogP contribution in [0.3, 0.4) is 0 Å². The first-order valence-electron chi connectivity index (χ1n) is 9.09. The Labute approximate surface area is 159 Å². The molecule has 0 amide bonds. The van der Waals surface area contributed by atoms with Crippen LogP contribution in [-0.4, -0.2) is 0 Å². The fraction of sp³-hybridized carbons (Fsp3) is 0.0400. The van der Waals surface area contributed by atoms with E-state index in [0.29, 0.717) is 0 Å². The quantitative estimate of drug-likeness (QED) is 0.640. The normalized spacial score (nSPS) is 19.4. The molecule has 4 N–H and O–H groups in total. The zero-order chi connectivity index (χ0) is 18.6. The third-order valence-corrected chi connectivity index (χ3v) is 5.88. The lowest BCUT2D eigenvalue weighted by Gasteiger charge is -2.31. The second-order valence-electron chi connectivity index (χ2n) is 7.00. The predicted octanol–water partition coefficient (Wildman–Crippen LogP) is 5.01. The first kappa shape index (κ1) is 15.7. The van der Waals surface area contributed by atoms with Gasteiger partial charge in [0.15, 0.2) is 0 Å². The molecule has 2 nitrogen and oxygen atoms in total. The van der Waals surface area contributed by atoms with E-state index in [9.17, 15) is 0 Å². The summed E-state index contributed by atoms with van der Waals surface area (Å²) in [6.45, 7) is 4.18. The molecule has 0 heterocycles. The molecule has 0 saturated heterocycles. The highest BCUT2D eigenvalue weighted by Crippen LogP contribution is 2.62. The van der Waals surface area contributed by atoms with Crippen molar-refractivity contribution in [1.82, 2.24) is 0 Å². The number of allylic oxidation sites excluding steroid dienone is 4. The average Bonchev–Trinajstić information content (AvgIpc) is 3.16. The van der Waals surface area contributed by atoms with Crippen LogP contribution in [0.4, 0.5) is 5.69 Å². The molecule has 1 unspecified atom stereocenters. The molecule has 1 spiro atoms. The van der Waals surface area contributed by atoms with Crippen LogP contribution in [0.15, 0.2) is 97.2 Å². The molecule has 5 rings (SSSR count). The van der Waals surface area contributed by atoms with E-state index in [-0.39, 0.29) is 0 Å². The molecule has 0 fully saturated rings. The Morgan fingerprint density at radius 2 is 1.41 bits per heavy atom. The van der Waals surface area contributed by atoms with Gasteiger partial charge in [0, 0.05) is 11.3 Å². The largest absolute Gasteiger partial charge is 0.405 e. The smallest absolute Gasteiger partial charge is 0.0726 e. The summed E-state index contributed by atoms with van der Waals surface area (Å²) in [5.41, 5.74) is 22.2. The molecule has 2 aliphatic carbocycles. The lowest BCUT2D eigenvalue weighted by atomic mass is 9.69. The zero-order valence-corrected chi connectivity index (χ0v) is 14.9. The van der Waals surface area contributed by atoms with Crippen molar-refractivity contribution in [2.45, 2.75) is 5.41 Å². The number of nitrogens with two attached hydrogens (primary N) is 2. The summed E-state index contributed by atoms with van der Waals surface area (Å²) in [6, 6.07) is 23.3. The van der Waals surface area contributed by atoms with Crippen LogP contribution in [0.1, 0.15) is 22.3 Å². The van der Waals surface area contributed by atoms with E-state index < -0.39 is 5.41 Å². The summed E-state index contributed by atoms with van der Waals surface area (Å²) in [5.74, 6) is 0. The number of hydrogen-bond donors (Lipinski definition) is 2. The molecule has 1 atom stereocenters. The molecule has 3 aromatic carbocycles. The minimum absolute atomic E-state index is 0.408. The zero-order valence-electron chi connectivity index (χ0n) is 14.9. The molecular formula is C25H20N2. The average molecular weight is 348 g/mol. The van der Waals surface area contributed by atoms with Gasteiger partial charge in [0.25, 0.3) is 0 Å². The van der Waals surface area contributed by atoms with Crippen LogP contribution in [0.5, 0.6) is 0 Å². The second kappa shape index (κ2) is 5.49. The standard InChI is InChI=1S/C25H20N2/c1-2-19-17(14-15-26)16-8-3-5-10-20(16)25(19)21-11-6-4-9-18(21)24-22(25)12-7-13-23(24)27/h2-15H,1,26-27H2/b15-14-. The third kappa shape index (κ3) is 1.75. The SMILES string of the molecule is C=CC1=C(/C=C\N)c2ccccc2C12c1ccccc1-c1c(N)cccc12. The summed E-state index contributed by atoms with van der Waals surface area (Å²) in [7, 11) is 0. The van der Waals surface area contributed by atoms with Crippen LogP contribution >= 0.6 is 0 Å². The van der Waals surface area contributed by atoms with E-state index in [1.165, 1.54) is 27.8 Å². The van der Waals surface area contributed by atoms with Gasteiger partial charge in [0.05, 0.1) is 5.41 Å². The van der Waals surface area contributed by atoms with Crippen LogP contribution in [0.25, 0.3) is 16.7 Å². The van der Waals surface area contributed by atoms with Gasteiger partial charge in [-0.25, -0.2) is 0 Å². The molecular weight excluding hydrogens is 328 g/mol. The molecule has 2 aliphatic rings. The molecule has 27 heavy (non-hydrogen) atoms. The maximum Gasteiger partial charge on any atom is 0.0726 e. The van der Waals surface area contributed by atoms with Crippen molar-refractivity contribution in [3.63, 3.8) is 0 Å². The Morgan fingerprint density at radius 3 is 2.11 bits per heavy atom. The van der Waals surface area contributed by atoms with Crippen molar-refractivity contribution in [3.8, 4) is 11.1 Å². The molecule has 0 bridgehead atoms. The lowest BCUT2D eigenvalue weighted by molar-refractivity contribution is 0.787. The van der Waals surface area contributed by atoms with Gasteiger partial charge in [-0.3, -0.25) is 0 Å². The van der Waals surface area contributed by atoms with Crippen LogP contribution in [0, 0.1) is 0 Å². The lowest BCUT2D eigenvalue weighted by Crippen LogP contribution is -2.26. The minimum atomic E-state index is -0.408. The summed E-state index contributed by atoms with van der Waals surface area (Å²) in [5, 5.41) is 0. The number of benzene rings is 3. The van der Waals surface area contributed by atoms with E-state index in [2.05, 4.69) is 61.2 Å². The predicted molar refractivity (Wildman–Crippen MR) is 113 cm³/mol. The van der Waals surface area contributed by atoms with Gasteiger partial charge in [0.1, 0.15) is 0 Å². The monoisotopic (exact) mass is 348 g/mol. The highest BCUT2D eigenvalue weighted by Gasteiger charge is 2.51. The van der Waals surface area contributed by atoms with Crippen molar-refractivity contribution in [3.05, 3.63) is 119 Å². The molecule has 3 aromatic rings. The first-order valence-corrected chi connectivity index (χ1v) is 9.09. The Morgan fingerprint density at radius 1 is 0.778 bits per heavy atom. The van der Waals surface area contributed by atoms with Crippen molar-refractivity contribution in [2.24, 2.45) is 5.73 Å². The van der Waals surface area contributed by atoms with Gasteiger partial charge in [-0.2, -0.15) is 0 Å². The van der Waals surface area contributed by atoms with Gasteiger partial charge in [0.2, 0.25) is 0 Å². The second-order valence-corrected chi connectivity index (χ2v) is 7.00. The van der Waals surface area contributed by atoms with E-state index in [1.54, 1.807) is 6.20 Å². The Balaban J connectivity index is 2.04. The number of nitrogen functional groups attached to an aromatic ring is 1. The van der Waals surface area contributed by atoms with E-state index in [4.69, 9.17) is 11.5 Å². The van der Waals surface area contributed by atoms with Gasteiger partial charge in [-0.1, -0.05) is 73.3 Å². The van der Waals surface area contributed by atoms with E-state index in [0.717, 1.165) is 22.4 Å². The molecule has 0 saturated carbocycles. The van der Waals surface area contributed by atoms with Gasteiger partial charge < -0.3 is 11.5 Å². The number of anilines is 1. The molecule has 130 valence electrons. The summed E-state index contributed by atoms with van der Waals surface area (Å²) >= 11 is 0. The van der Waals surface area contributed by atoms with Gasteiger partial charge >= 0.3 is 0 Å².